The molecule has 1 fully saturated rings. The summed E-state index contributed by atoms with van der Waals surface area (Å²) >= 11 is 0. The predicted octanol–water partition coefficient (Wildman–Crippen LogP) is 4.30. The van der Waals surface area contributed by atoms with Crippen LogP contribution in [0.2, 0.25) is 0 Å². The fourth-order valence-electron chi connectivity index (χ4n) is 3.92. The van der Waals surface area contributed by atoms with Crippen LogP contribution in [0.15, 0.2) is 48.5 Å². The Bertz CT molecular complexity index is 753. The highest BCUT2D eigenvalue weighted by molar-refractivity contribution is 5.88. The van der Waals surface area contributed by atoms with Crippen LogP contribution in [0, 0.1) is 5.82 Å². The molecule has 0 unspecified atom stereocenters. The van der Waals surface area contributed by atoms with E-state index in [4.69, 9.17) is 4.74 Å². The van der Waals surface area contributed by atoms with Crippen LogP contribution in [-0.2, 0) is 16.8 Å². The maximum Gasteiger partial charge on any atom is 0.233 e. The van der Waals surface area contributed by atoms with Crippen LogP contribution < -0.4 is 4.74 Å². The Hall–Kier alpha value is -2.36. The number of benzene rings is 2. The first-order valence-corrected chi connectivity index (χ1v) is 8.70. The van der Waals surface area contributed by atoms with E-state index in [9.17, 15) is 9.18 Å². The first-order valence-electron chi connectivity index (χ1n) is 8.70. The SMILES string of the molecule is COc1ccccc1CN(C)C(=O)C1(c2cccc(F)c2)CCCC1. The largest absolute Gasteiger partial charge is 0.496 e. The molecule has 2 aromatic carbocycles. The van der Waals surface area contributed by atoms with Gasteiger partial charge in [0.05, 0.1) is 12.5 Å². The second-order valence-corrected chi connectivity index (χ2v) is 6.77. The zero-order chi connectivity index (χ0) is 17.9. The summed E-state index contributed by atoms with van der Waals surface area (Å²) in [7, 11) is 3.44. The van der Waals surface area contributed by atoms with Gasteiger partial charge in [-0.2, -0.15) is 0 Å². The molecule has 1 saturated carbocycles. The number of para-hydroxylation sites is 1. The Morgan fingerprint density at radius 2 is 1.88 bits per heavy atom. The first kappa shape index (κ1) is 17.5. The van der Waals surface area contributed by atoms with Crippen molar-refractivity contribution < 1.29 is 13.9 Å². The number of rotatable bonds is 5. The molecule has 0 spiro atoms. The third-order valence-electron chi connectivity index (χ3n) is 5.19. The van der Waals surface area contributed by atoms with Crippen LogP contribution in [0.25, 0.3) is 0 Å². The van der Waals surface area contributed by atoms with Crippen molar-refractivity contribution in [3.05, 3.63) is 65.5 Å². The normalized spacial score (nSPS) is 15.8. The molecule has 0 atom stereocenters. The highest BCUT2D eigenvalue weighted by Crippen LogP contribution is 2.43. The van der Waals surface area contributed by atoms with E-state index in [1.165, 1.54) is 12.1 Å². The predicted molar refractivity (Wildman–Crippen MR) is 96.0 cm³/mol. The minimum atomic E-state index is -0.612. The Morgan fingerprint density at radius 3 is 2.56 bits per heavy atom. The average Bonchev–Trinajstić information content (AvgIpc) is 3.12. The molecule has 3 rings (SSSR count). The molecule has 1 amide bonds. The number of hydrogen-bond acceptors (Lipinski definition) is 2. The number of carbonyl (C=O) groups excluding carboxylic acids is 1. The molecular formula is C21H24FNO2. The molecular weight excluding hydrogens is 317 g/mol. The monoisotopic (exact) mass is 341 g/mol. The van der Waals surface area contributed by atoms with Crippen molar-refractivity contribution in [1.82, 2.24) is 4.90 Å². The Balaban J connectivity index is 1.88. The molecule has 25 heavy (non-hydrogen) atoms. The van der Waals surface area contributed by atoms with Crippen LogP contribution >= 0.6 is 0 Å². The van der Waals surface area contributed by atoms with E-state index in [0.717, 1.165) is 42.6 Å². The molecule has 3 nitrogen and oxygen atoms in total. The Kier molecular flexibility index (Phi) is 5.07. The molecule has 0 aliphatic heterocycles. The van der Waals surface area contributed by atoms with Gasteiger partial charge in [0.25, 0.3) is 0 Å². The van der Waals surface area contributed by atoms with Crippen LogP contribution in [-0.4, -0.2) is 25.0 Å². The molecule has 0 bridgehead atoms. The van der Waals surface area contributed by atoms with Crippen molar-refractivity contribution in [2.45, 2.75) is 37.6 Å². The number of likely N-dealkylation sites (N-methyl/N-ethyl adjacent to an activating group) is 1. The van der Waals surface area contributed by atoms with Gasteiger partial charge in [0.2, 0.25) is 5.91 Å². The van der Waals surface area contributed by atoms with Crippen molar-refractivity contribution in [2.24, 2.45) is 0 Å². The molecule has 1 aliphatic rings. The lowest BCUT2D eigenvalue weighted by Gasteiger charge is -2.33. The van der Waals surface area contributed by atoms with E-state index in [-0.39, 0.29) is 11.7 Å². The van der Waals surface area contributed by atoms with Gasteiger partial charge >= 0.3 is 0 Å². The maximum absolute atomic E-state index is 13.8. The van der Waals surface area contributed by atoms with Gasteiger partial charge in [-0.05, 0) is 36.6 Å². The summed E-state index contributed by atoms with van der Waals surface area (Å²) in [6.45, 7) is 0.472. The summed E-state index contributed by atoms with van der Waals surface area (Å²) in [4.78, 5) is 15.1. The van der Waals surface area contributed by atoms with E-state index in [2.05, 4.69) is 0 Å². The van der Waals surface area contributed by atoms with E-state index in [1.54, 1.807) is 18.1 Å². The van der Waals surface area contributed by atoms with Gasteiger partial charge in [0.1, 0.15) is 11.6 Å². The molecule has 1 aliphatic carbocycles. The molecule has 0 saturated heterocycles. The lowest BCUT2D eigenvalue weighted by Crippen LogP contribution is -2.43. The molecule has 0 N–H and O–H groups in total. The quantitative estimate of drug-likeness (QED) is 0.811. The standard InChI is InChI=1S/C21H24FNO2/c1-23(15-16-8-3-4-11-19(16)25-2)20(24)21(12-5-6-13-21)17-9-7-10-18(22)14-17/h3-4,7-11,14H,5-6,12-13,15H2,1-2H3. The summed E-state index contributed by atoms with van der Waals surface area (Å²) < 4.78 is 19.1. The smallest absolute Gasteiger partial charge is 0.233 e. The highest BCUT2D eigenvalue weighted by atomic mass is 19.1. The third kappa shape index (κ3) is 3.39. The van der Waals surface area contributed by atoms with Gasteiger partial charge in [-0.3, -0.25) is 4.79 Å². The summed E-state index contributed by atoms with van der Waals surface area (Å²) in [5.41, 5.74) is 1.15. The number of amides is 1. The second-order valence-electron chi connectivity index (χ2n) is 6.77. The van der Waals surface area contributed by atoms with Gasteiger partial charge in [-0.1, -0.05) is 43.2 Å². The van der Waals surface area contributed by atoms with Crippen molar-refractivity contribution >= 4 is 5.91 Å². The molecule has 4 heteroatoms. The molecule has 0 heterocycles. The van der Waals surface area contributed by atoms with Crippen LogP contribution in [0.1, 0.15) is 36.8 Å². The van der Waals surface area contributed by atoms with Crippen molar-refractivity contribution in [3.63, 3.8) is 0 Å². The Labute approximate surface area is 148 Å². The summed E-state index contributed by atoms with van der Waals surface area (Å²) in [6.07, 6.45) is 3.52. The fourth-order valence-corrected chi connectivity index (χ4v) is 3.92. The number of ether oxygens (including phenoxy) is 1. The van der Waals surface area contributed by atoms with Gasteiger partial charge in [-0.25, -0.2) is 4.39 Å². The highest BCUT2D eigenvalue weighted by Gasteiger charge is 2.44. The van der Waals surface area contributed by atoms with Crippen molar-refractivity contribution in [2.75, 3.05) is 14.2 Å². The number of methoxy groups -OCH3 is 1. The zero-order valence-corrected chi connectivity index (χ0v) is 14.8. The van der Waals surface area contributed by atoms with Gasteiger partial charge < -0.3 is 9.64 Å². The summed E-state index contributed by atoms with van der Waals surface area (Å²) in [5.74, 6) is 0.541. The maximum atomic E-state index is 13.8. The lowest BCUT2D eigenvalue weighted by molar-refractivity contribution is -0.136. The molecule has 132 valence electrons. The Morgan fingerprint density at radius 1 is 1.16 bits per heavy atom. The average molecular weight is 341 g/mol. The van der Waals surface area contributed by atoms with Gasteiger partial charge in [0, 0.05) is 19.2 Å². The topological polar surface area (TPSA) is 29.5 Å². The van der Waals surface area contributed by atoms with Gasteiger partial charge in [-0.15, -0.1) is 0 Å². The molecule has 0 aromatic heterocycles. The number of hydrogen-bond donors (Lipinski definition) is 0. The van der Waals surface area contributed by atoms with E-state index in [1.807, 2.05) is 37.4 Å². The van der Waals surface area contributed by atoms with E-state index < -0.39 is 5.41 Å². The van der Waals surface area contributed by atoms with E-state index in [0.29, 0.717) is 6.54 Å². The third-order valence-corrected chi connectivity index (χ3v) is 5.19. The van der Waals surface area contributed by atoms with Crippen LogP contribution in [0.3, 0.4) is 0 Å². The molecule has 2 aromatic rings. The number of nitrogens with zero attached hydrogens (tertiary/aromatic N) is 1. The molecule has 0 radical (unpaired) electrons. The van der Waals surface area contributed by atoms with Crippen molar-refractivity contribution in [1.29, 1.82) is 0 Å². The fraction of sp³-hybridized carbons (Fsp3) is 0.381. The number of halogens is 1. The first-order chi connectivity index (χ1) is 12.1. The van der Waals surface area contributed by atoms with Gasteiger partial charge in [0.15, 0.2) is 0 Å². The number of carbonyl (C=O) groups is 1. The second kappa shape index (κ2) is 7.26. The van der Waals surface area contributed by atoms with Crippen molar-refractivity contribution in [3.8, 4) is 5.75 Å². The zero-order valence-electron chi connectivity index (χ0n) is 14.8. The minimum absolute atomic E-state index is 0.0570. The summed E-state index contributed by atoms with van der Waals surface area (Å²) in [5, 5.41) is 0. The lowest BCUT2D eigenvalue weighted by atomic mass is 9.77. The minimum Gasteiger partial charge on any atom is -0.496 e. The van der Waals surface area contributed by atoms with E-state index >= 15 is 0 Å². The van der Waals surface area contributed by atoms with Crippen LogP contribution in [0.4, 0.5) is 4.39 Å². The van der Waals surface area contributed by atoms with Crippen LogP contribution in [0.5, 0.6) is 5.75 Å². The summed E-state index contributed by atoms with van der Waals surface area (Å²) in [6, 6.07) is 14.2.